The third kappa shape index (κ3) is 3.95. The molecule has 1 aromatic carbocycles. The number of para-hydroxylation sites is 1. The van der Waals surface area contributed by atoms with Gasteiger partial charge in [0.25, 0.3) is 0 Å². The van der Waals surface area contributed by atoms with Crippen LogP contribution in [0, 0.1) is 0 Å². The molecule has 0 radical (unpaired) electrons. The summed E-state index contributed by atoms with van der Waals surface area (Å²) in [7, 11) is 1.85. The van der Waals surface area contributed by atoms with E-state index in [1.807, 2.05) is 37.5 Å². The number of carbonyl (C=O) groups is 1. The molecule has 0 unspecified atom stereocenters. The maximum Gasteiger partial charge on any atom is 0.222 e. The molecule has 2 aromatic heterocycles. The largest absolute Gasteiger partial charge is 0.361 e. The van der Waals surface area contributed by atoms with Crippen molar-refractivity contribution < 1.29 is 4.79 Å². The molecule has 0 aliphatic carbocycles. The molecule has 1 amide bonds. The summed E-state index contributed by atoms with van der Waals surface area (Å²) < 4.78 is 0.764. The standard InChI is InChI=1S/C18H19ClN2OS/c1-21(12-14-9-10-17(19)23-14)18(22)8-4-5-13-11-20-16-7-3-2-6-15(13)16/h2-3,6-7,9-11,20H,4-5,8,12H2,1H3. The Morgan fingerprint density at radius 2 is 2.09 bits per heavy atom. The molecule has 23 heavy (non-hydrogen) atoms. The van der Waals surface area contributed by atoms with Gasteiger partial charge in [0.2, 0.25) is 5.91 Å². The predicted molar refractivity (Wildman–Crippen MR) is 97.0 cm³/mol. The monoisotopic (exact) mass is 346 g/mol. The van der Waals surface area contributed by atoms with E-state index in [4.69, 9.17) is 11.6 Å². The molecule has 0 aliphatic rings. The minimum absolute atomic E-state index is 0.175. The fourth-order valence-electron chi connectivity index (χ4n) is 2.72. The fraction of sp³-hybridized carbons (Fsp3) is 0.278. The number of amides is 1. The van der Waals surface area contributed by atoms with Gasteiger partial charge in [-0.05, 0) is 36.6 Å². The Morgan fingerprint density at radius 3 is 2.87 bits per heavy atom. The zero-order valence-electron chi connectivity index (χ0n) is 13.0. The van der Waals surface area contributed by atoms with E-state index in [1.54, 1.807) is 4.90 Å². The van der Waals surface area contributed by atoms with Crippen molar-refractivity contribution in [3.8, 4) is 0 Å². The highest BCUT2D eigenvalue weighted by Crippen LogP contribution is 2.23. The van der Waals surface area contributed by atoms with Crippen LogP contribution in [0.3, 0.4) is 0 Å². The number of hydrogen-bond donors (Lipinski definition) is 1. The molecule has 0 saturated heterocycles. The van der Waals surface area contributed by atoms with Gasteiger partial charge in [0.15, 0.2) is 0 Å². The van der Waals surface area contributed by atoms with Crippen molar-refractivity contribution in [2.45, 2.75) is 25.8 Å². The van der Waals surface area contributed by atoms with Gasteiger partial charge in [0.05, 0.1) is 10.9 Å². The van der Waals surface area contributed by atoms with Crippen LogP contribution in [-0.4, -0.2) is 22.8 Å². The van der Waals surface area contributed by atoms with E-state index in [0.717, 1.165) is 27.6 Å². The first-order valence-electron chi connectivity index (χ1n) is 7.66. The molecule has 0 saturated carbocycles. The molecular formula is C18H19ClN2OS. The number of nitrogens with zero attached hydrogens (tertiary/aromatic N) is 1. The number of aromatic amines is 1. The number of nitrogens with one attached hydrogen (secondary N) is 1. The van der Waals surface area contributed by atoms with Crippen LogP contribution in [0.2, 0.25) is 4.34 Å². The lowest BCUT2D eigenvalue weighted by atomic mass is 10.1. The number of carbonyl (C=O) groups excluding carboxylic acids is 1. The molecule has 0 bridgehead atoms. The number of thiophene rings is 1. The first-order chi connectivity index (χ1) is 11.1. The lowest BCUT2D eigenvalue weighted by Gasteiger charge is -2.16. The van der Waals surface area contributed by atoms with E-state index < -0.39 is 0 Å². The van der Waals surface area contributed by atoms with Gasteiger partial charge in [0.1, 0.15) is 0 Å². The summed E-state index contributed by atoms with van der Waals surface area (Å²) in [6, 6.07) is 12.1. The molecule has 1 N–H and O–H groups in total. The Morgan fingerprint density at radius 1 is 1.26 bits per heavy atom. The number of benzene rings is 1. The summed E-state index contributed by atoms with van der Waals surface area (Å²) in [6.07, 6.45) is 4.38. The van der Waals surface area contributed by atoms with Gasteiger partial charge < -0.3 is 9.88 Å². The summed E-state index contributed by atoms with van der Waals surface area (Å²) >= 11 is 7.45. The molecular weight excluding hydrogens is 328 g/mol. The van der Waals surface area contributed by atoms with E-state index in [2.05, 4.69) is 17.1 Å². The third-order valence-corrected chi connectivity index (χ3v) is 5.18. The average Bonchev–Trinajstić information content (AvgIpc) is 3.14. The number of halogens is 1. The zero-order valence-corrected chi connectivity index (χ0v) is 14.6. The van der Waals surface area contributed by atoms with Gasteiger partial charge in [-0.15, -0.1) is 11.3 Å². The molecule has 0 fully saturated rings. The lowest BCUT2D eigenvalue weighted by molar-refractivity contribution is -0.130. The molecule has 3 aromatic rings. The predicted octanol–water partition coefficient (Wildman–Crippen LogP) is 4.86. The number of aromatic nitrogens is 1. The lowest BCUT2D eigenvalue weighted by Crippen LogP contribution is -2.25. The number of hydrogen-bond acceptors (Lipinski definition) is 2. The van der Waals surface area contributed by atoms with Crippen molar-refractivity contribution in [2.24, 2.45) is 0 Å². The molecule has 0 atom stereocenters. The first-order valence-corrected chi connectivity index (χ1v) is 8.86. The van der Waals surface area contributed by atoms with Crippen molar-refractivity contribution in [2.75, 3.05) is 7.05 Å². The van der Waals surface area contributed by atoms with Crippen molar-refractivity contribution in [3.05, 3.63) is 57.4 Å². The summed E-state index contributed by atoms with van der Waals surface area (Å²) in [5, 5.41) is 1.25. The number of H-pyrrole nitrogens is 1. The normalized spacial score (nSPS) is 11.0. The van der Waals surface area contributed by atoms with E-state index in [1.165, 1.54) is 22.3 Å². The highest BCUT2D eigenvalue weighted by Gasteiger charge is 2.11. The summed E-state index contributed by atoms with van der Waals surface area (Å²) in [4.78, 5) is 18.4. The van der Waals surface area contributed by atoms with Crippen molar-refractivity contribution in [3.63, 3.8) is 0 Å². The van der Waals surface area contributed by atoms with Crippen LogP contribution < -0.4 is 0 Å². The van der Waals surface area contributed by atoms with Crippen LogP contribution in [0.4, 0.5) is 0 Å². The van der Waals surface area contributed by atoms with Crippen LogP contribution in [0.25, 0.3) is 10.9 Å². The van der Waals surface area contributed by atoms with Gasteiger partial charge in [-0.3, -0.25) is 4.79 Å². The van der Waals surface area contributed by atoms with E-state index in [-0.39, 0.29) is 5.91 Å². The van der Waals surface area contributed by atoms with Gasteiger partial charge in [-0.2, -0.15) is 0 Å². The summed E-state index contributed by atoms with van der Waals surface area (Å²) in [6.45, 7) is 0.628. The number of aryl methyl sites for hydroxylation is 1. The maximum absolute atomic E-state index is 12.2. The van der Waals surface area contributed by atoms with E-state index >= 15 is 0 Å². The molecule has 3 nitrogen and oxygen atoms in total. The molecule has 5 heteroatoms. The second-order valence-corrected chi connectivity index (χ2v) is 7.47. The highest BCUT2D eigenvalue weighted by molar-refractivity contribution is 7.16. The molecule has 2 heterocycles. The van der Waals surface area contributed by atoms with Crippen LogP contribution in [0.5, 0.6) is 0 Å². The van der Waals surface area contributed by atoms with Gasteiger partial charge in [-0.25, -0.2) is 0 Å². The molecule has 0 aliphatic heterocycles. The summed E-state index contributed by atoms with van der Waals surface area (Å²) in [5.41, 5.74) is 2.43. The minimum atomic E-state index is 0.175. The van der Waals surface area contributed by atoms with Crippen molar-refractivity contribution >= 4 is 39.7 Å². The van der Waals surface area contributed by atoms with E-state index in [0.29, 0.717) is 13.0 Å². The highest BCUT2D eigenvalue weighted by atomic mass is 35.5. The first kappa shape index (κ1) is 16.1. The second-order valence-electron chi connectivity index (χ2n) is 5.67. The quantitative estimate of drug-likeness (QED) is 0.679. The Hall–Kier alpha value is -1.78. The number of fused-ring (bicyclic) bond motifs is 1. The Labute approximate surface area is 144 Å². The Balaban J connectivity index is 1.50. The van der Waals surface area contributed by atoms with Crippen LogP contribution in [-0.2, 0) is 17.8 Å². The Kier molecular flexibility index (Phi) is 5.03. The topological polar surface area (TPSA) is 36.1 Å². The second kappa shape index (κ2) is 7.20. The van der Waals surface area contributed by atoms with E-state index in [9.17, 15) is 4.79 Å². The average molecular weight is 347 g/mol. The van der Waals surface area contributed by atoms with Crippen LogP contribution >= 0.6 is 22.9 Å². The van der Waals surface area contributed by atoms with Gasteiger partial charge >= 0.3 is 0 Å². The Bertz CT molecular complexity index is 808. The third-order valence-electron chi connectivity index (χ3n) is 3.96. The minimum Gasteiger partial charge on any atom is -0.361 e. The maximum atomic E-state index is 12.2. The molecule has 120 valence electrons. The molecule has 0 spiro atoms. The number of rotatable bonds is 6. The zero-order chi connectivity index (χ0) is 16.2. The van der Waals surface area contributed by atoms with Crippen LogP contribution in [0.15, 0.2) is 42.6 Å². The van der Waals surface area contributed by atoms with Crippen molar-refractivity contribution in [1.82, 2.24) is 9.88 Å². The van der Waals surface area contributed by atoms with Gasteiger partial charge in [0, 0.05) is 35.4 Å². The smallest absolute Gasteiger partial charge is 0.222 e. The fourth-order valence-corrected chi connectivity index (χ4v) is 3.86. The SMILES string of the molecule is CN(Cc1ccc(Cl)s1)C(=O)CCCc1c[nH]c2ccccc12. The van der Waals surface area contributed by atoms with Crippen LogP contribution in [0.1, 0.15) is 23.3 Å². The summed E-state index contributed by atoms with van der Waals surface area (Å²) in [5.74, 6) is 0.175. The molecule has 3 rings (SSSR count). The van der Waals surface area contributed by atoms with Gasteiger partial charge in [-0.1, -0.05) is 29.8 Å². The van der Waals surface area contributed by atoms with Crippen molar-refractivity contribution in [1.29, 1.82) is 0 Å².